The molecule has 3 nitrogen and oxygen atoms in total. The number of hydrogen-bond acceptors (Lipinski definition) is 3. The van der Waals surface area contributed by atoms with Crippen molar-refractivity contribution >= 4 is 0 Å². The molecule has 0 aromatic carbocycles. The molecule has 1 aliphatic rings. The third-order valence-corrected chi connectivity index (χ3v) is 4.45. The van der Waals surface area contributed by atoms with E-state index in [0.717, 1.165) is 6.54 Å². The van der Waals surface area contributed by atoms with Gasteiger partial charge in [0.05, 0.1) is 0 Å². The molecule has 18 heavy (non-hydrogen) atoms. The Kier molecular flexibility index (Phi) is 6.09. The molecule has 1 fully saturated rings. The highest BCUT2D eigenvalue weighted by Crippen LogP contribution is 2.23. The van der Waals surface area contributed by atoms with Crippen molar-refractivity contribution in [3.63, 3.8) is 0 Å². The number of rotatable bonds is 6. The van der Waals surface area contributed by atoms with Crippen LogP contribution in [-0.4, -0.2) is 61.2 Å². The molecule has 1 aliphatic heterocycles. The summed E-state index contributed by atoms with van der Waals surface area (Å²) in [6.45, 7) is 21.0. The van der Waals surface area contributed by atoms with Gasteiger partial charge in [0.2, 0.25) is 0 Å². The standard InChI is InChI=1S/C15H33N3/c1-7-16-14(4)15(5,6)12-17-8-10-18(11-9-17)13(2)3/h13-14,16H,7-12H2,1-6H3. The van der Waals surface area contributed by atoms with E-state index in [9.17, 15) is 0 Å². The van der Waals surface area contributed by atoms with Crippen molar-refractivity contribution in [2.45, 2.75) is 53.6 Å². The average molecular weight is 255 g/mol. The number of piperazine rings is 1. The fourth-order valence-electron chi connectivity index (χ4n) is 2.73. The van der Waals surface area contributed by atoms with Crippen molar-refractivity contribution in [3.05, 3.63) is 0 Å². The summed E-state index contributed by atoms with van der Waals surface area (Å²) < 4.78 is 0. The Labute approximate surface area is 114 Å². The van der Waals surface area contributed by atoms with E-state index < -0.39 is 0 Å². The molecule has 0 aromatic rings. The van der Waals surface area contributed by atoms with E-state index >= 15 is 0 Å². The summed E-state index contributed by atoms with van der Waals surface area (Å²) in [7, 11) is 0. The topological polar surface area (TPSA) is 18.5 Å². The highest BCUT2D eigenvalue weighted by atomic mass is 15.3. The second kappa shape index (κ2) is 6.88. The summed E-state index contributed by atoms with van der Waals surface area (Å²) in [6.07, 6.45) is 0. The average Bonchev–Trinajstić information content (AvgIpc) is 2.29. The summed E-state index contributed by atoms with van der Waals surface area (Å²) in [5.41, 5.74) is 0.343. The van der Waals surface area contributed by atoms with Gasteiger partial charge in [-0.15, -0.1) is 0 Å². The number of nitrogens with zero attached hydrogens (tertiary/aromatic N) is 2. The Hall–Kier alpha value is -0.120. The Morgan fingerprint density at radius 1 is 1.06 bits per heavy atom. The largest absolute Gasteiger partial charge is 0.314 e. The summed E-state index contributed by atoms with van der Waals surface area (Å²) in [6, 6.07) is 1.27. The van der Waals surface area contributed by atoms with Crippen LogP contribution in [0.25, 0.3) is 0 Å². The van der Waals surface area contributed by atoms with E-state index in [-0.39, 0.29) is 0 Å². The van der Waals surface area contributed by atoms with Gasteiger partial charge in [-0.25, -0.2) is 0 Å². The third kappa shape index (κ3) is 4.52. The molecule has 3 heteroatoms. The van der Waals surface area contributed by atoms with E-state index in [4.69, 9.17) is 0 Å². The zero-order valence-electron chi connectivity index (χ0n) is 13.3. The lowest BCUT2D eigenvalue weighted by Crippen LogP contribution is -2.53. The lowest BCUT2D eigenvalue weighted by atomic mass is 9.84. The maximum Gasteiger partial charge on any atom is 0.0113 e. The molecule has 0 saturated carbocycles. The van der Waals surface area contributed by atoms with Crippen LogP contribution < -0.4 is 5.32 Å². The molecule has 1 atom stereocenters. The number of nitrogens with one attached hydrogen (secondary N) is 1. The van der Waals surface area contributed by atoms with Gasteiger partial charge in [0, 0.05) is 44.8 Å². The van der Waals surface area contributed by atoms with Crippen molar-refractivity contribution in [2.24, 2.45) is 5.41 Å². The maximum atomic E-state index is 3.57. The molecule has 1 heterocycles. The molecule has 0 amide bonds. The second-order valence-corrected chi connectivity index (χ2v) is 6.67. The highest BCUT2D eigenvalue weighted by Gasteiger charge is 2.29. The molecular weight excluding hydrogens is 222 g/mol. The van der Waals surface area contributed by atoms with Gasteiger partial charge in [0.1, 0.15) is 0 Å². The zero-order chi connectivity index (χ0) is 13.8. The van der Waals surface area contributed by atoms with Crippen LogP contribution in [0.15, 0.2) is 0 Å². The fraction of sp³-hybridized carbons (Fsp3) is 1.00. The minimum atomic E-state index is 0.343. The molecule has 0 aromatic heterocycles. The molecule has 1 saturated heterocycles. The molecule has 0 bridgehead atoms. The molecule has 108 valence electrons. The lowest BCUT2D eigenvalue weighted by molar-refractivity contribution is 0.0699. The van der Waals surface area contributed by atoms with Crippen molar-refractivity contribution in [3.8, 4) is 0 Å². The second-order valence-electron chi connectivity index (χ2n) is 6.67. The SMILES string of the molecule is CCNC(C)C(C)(C)CN1CCN(C(C)C)CC1. The van der Waals surface area contributed by atoms with Crippen LogP contribution >= 0.6 is 0 Å². The van der Waals surface area contributed by atoms with Crippen LogP contribution in [0.1, 0.15) is 41.5 Å². The molecule has 0 aliphatic carbocycles. The number of hydrogen-bond donors (Lipinski definition) is 1. The molecule has 0 spiro atoms. The van der Waals surface area contributed by atoms with Gasteiger partial charge in [-0.05, 0) is 32.7 Å². The fourth-order valence-corrected chi connectivity index (χ4v) is 2.73. The zero-order valence-corrected chi connectivity index (χ0v) is 13.3. The summed E-state index contributed by atoms with van der Waals surface area (Å²) in [5.74, 6) is 0. The van der Waals surface area contributed by atoms with Gasteiger partial charge in [-0.1, -0.05) is 20.8 Å². The molecule has 1 N–H and O–H groups in total. The Morgan fingerprint density at radius 2 is 1.61 bits per heavy atom. The first-order chi connectivity index (χ1) is 8.36. The predicted molar refractivity (Wildman–Crippen MR) is 80.1 cm³/mol. The van der Waals surface area contributed by atoms with Gasteiger partial charge in [-0.2, -0.15) is 0 Å². The van der Waals surface area contributed by atoms with Gasteiger partial charge in [-0.3, -0.25) is 4.90 Å². The molecule has 0 radical (unpaired) electrons. The van der Waals surface area contributed by atoms with Gasteiger partial charge < -0.3 is 10.2 Å². The Morgan fingerprint density at radius 3 is 2.06 bits per heavy atom. The normalized spacial score (nSPS) is 21.5. The van der Waals surface area contributed by atoms with Crippen molar-refractivity contribution < 1.29 is 0 Å². The van der Waals surface area contributed by atoms with Crippen LogP contribution in [0.4, 0.5) is 0 Å². The van der Waals surface area contributed by atoms with E-state index in [0.29, 0.717) is 17.5 Å². The Balaban J connectivity index is 2.40. The quantitative estimate of drug-likeness (QED) is 0.783. The van der Waals surface area contributed by atoms with Crippen LogP contribution in [0, 0.1) is 5.41 Å². The monoisotopic (exact) mass is 255 g/mol. The van der Waals surface area contributed by atoms with Crippen LogP contribution in [0.2, 0.25) is 0 Å². The van der Waals surface area contributed by atoms with Gasteiger partial charge >= 0.3 is 0 Å². The minimum absolute atomic E-state index is 0.343. The van der Waals surface area contributed by atoms with Gasteiger partial charge in [0.15, 0.2) is 0 Å². The van der Waals surface area contributed by atoms with E-state index in [1.807, 2.05) is 0 Å². The predicted octanol–water partition coefficient (Wildman–Crippen LogP) is 2.04. The van der Waals surface area contributed by atoms with Crippen molar-refractivity contribution in [2.75, 3.05) is 39.3 Å². The first kappa shape index (κ1) is 15.9. The van der Waals surface area contributed by atoms with Crippen molar-refractivity contribution in [1.82, 2.24) is 15.1 Å². The lowest BCUT2D eigenvalue weighted by Gasteiger charge is -2.42. The highest BCUT2D eigenvalue weighted by molar-refractivity contribution is 4.85. The van der Waals surface area contributed by atoms with Crippen molar-refractivity contribution in [1.29, 1.82) is 0 Å². The first-order valence-corrected chi connectivity index (χ1v) is 7.56. The van der Waals surface area contributed by atoms with E-state index in [1.165, 1.54) is 32.7 Å². The maximum absolute atomic E-state index is 3.57. The Bertz CT molecular complexity index is 230. The molecule has 1 unspecified atom stereocenters. The smallest absolute Gasteiger partial charge is 0.0113 e. The van der Waals surface area contributed by atoms with Crippen LogP contribution in [-0.2, 0) is 0 Å². The third-order valence-electron chi connectivity index (χ3n) is 4.45. The van der Waals surface area contributed by atoms with Crippen LogP contribution in [0.5, 0.6) is 0 Å². The first-order valence-electron chi connectivity index (χ1n) is 7.56. The minimum Gasteiger partial charge on any atom is -0.314 e. The molecular formula is C15H33N3. The van der Waals surface area contributed by atoms with Gasteiger partial charge in [0.25, 0.3) is 0 Å². The molecule has 1 rings (SSSR count). The van der Waals surface area contributed by atoms with Crippen LogP contribution in [0.3, 0.4) is 0 Å². The summed E-state index contributed by atoms with van der Waals surface area (Å²) in [4.78, 5) is 5.21. The van der Waals surface area contributed by atoms with E-state index in [2.05, 4.69) is 56.7 Å². The van der Waals surface area contributed by atoms with E-state index in [1.54, 1.807) is 0 Å². The summed E-state index contributed by atoms with van der Waals surface area (Å²) >= 11 is 0. The summed E-state index contributed by atoms with van der Waals surface area (Å²) in [5, 5.41) is 3.57.